The number of anilines is 1. The molecule has 0 atom stereocenters. The van der Waals surface area contributed by atoms with Crippen molar-refractivity contribution in [2.75, 3.05) is 18.4 Å². The SMILES string of the molecule is O=C(Nc1ccc([N+](=O)[O-])cc1)N1CC(Oc2ccccc2Cl)C1. The Hall–Kier alpha value is -2.80. The average Bonchev–Trinajstić information content (AvgIpc) is 2.52. The highest BCUT2D eigenvalue weighted by Gasteiger charge is 2.32. The molecule has 1 N–H and O–H groups in total. The molecular weight excluding hydrogens is 334 g/mol. The van der Waals surface area contributed by atoms with E-state index in [9.17, 15) is 14.9 Å². The highest BCUT2D eigenvalue weighted by atomic mass is 35.5. The zero-order valence-electron chi connectivity index (χ0n) is 12.5. The maximum absolute atomic E-state index is 12.1. The van der Waals surface area contributed by atoms with Crippen molar-refractivity contribution in [3.05, 3.63) is 63.7 Å². The largest absolute Gasteiger partial charge is 0.485 e. The number of nitro groups is 1. The van der Waals surface area contributed by atoms with Crippen LogP contribution in [0.25, 0.3) is 0 Å². The van der Waals surface area contributed by atoms with E-state index < -0.39 is 4.92 Å². The summed E-state index contributed by atoms with van der Waals surface area (Å²) in [4.78, 5) is 23.8. The van der Waals surface area contributed by atoms with Gasteiger partial charge in [-0.3, -0.25) is 10.1 Å². The molecule has 7 nitrogen and oxygen atoms in total. The number of nitrogens with zero attached hydrogens (tertiary/aromatic N) is 2. The van der Waals surface area contributed by atoms with Crippen molar-refractivity contribution in [1.29, 1.82) is 0 Å². The third-order valence-electron chi connectivity index (χ3n) is 3.59. The highest BCUT2D eigenvalue weighted by molar-refractivity contribution is 6.32. The van der Waals surface area contributed by atoms with E-state index in [1.807, 2.05) is 12.1 Å². The molecule has 1 aliphatic heterocycles. The lowest BCUT2D eigenvalue weighted by atomic mass is 10.2. The summed E-state index contributed by atoms with van der Waals surface area (Å²) in [5.41, 5.74) is 0.478. The van der Waals surface area contributed by atoms with Gasteiger partial charge in [-0.2, -0.15) is 0 Å². The van der Waals surface area contributed by atoms with Gasteiger partial charge in [0.1, 0.15) is 11.9 Å². The maximum Gasteiger partial charge on any atom is 0.322 e. The monoisotopic (exact) mass is 347 g/mol. The summed E-state index contributed by atoms with van der Waals surface area (Å²) in [6.45, 7) is 0.897. The lowest BCUT2D eigenvalue weighted by Gasteiger charge is -2.38. The first kappa shape index (κ1) is 16.1. The van der Waals surface area contributed by atoms with Gasteiger partial charge in [0.25, 0.3) is 5.69 Å². The minimum atomic E-state index is -0.488. The van der Waals surface area contributed by atoms with Crippen molar-refractivity contribution in [3.63, 3.8) is 0 Å². The number of non-ortho nitro benzene ring substituents is 1. The molecule has 3 rings (SSSR count). The number of hydrogen-bond donors (Lipinski definition) is 1. The number of nitrogens with one attached hydrogen (secondary N) is 1. The maximum atomic E-state index is 12.1. The van der Waals surface area contributed by atoms with Crippen molar-refractivity contribution in [2.24, 2.45) is 0 Å². The number of rotatable bonds is 4. The molecule has 1 aliphatic rings. The molecule has 24 heavy (non-hydrogen) atoms. The van der Waals surface area contributed by atoms with Gasteiger partial charge in [0.15, 0.2) is 0 Å². The first-order chi connectivity index (χ1) is 11.5. The third kappa shape index (κ3) is 3.57. The fourth-order valence-corrected chi connectivity index (χ4v) is 2.45. The molecule has 1 saturated heterocycles. The Labute approximate surface area is 142 Å². The van der Waals surface area contributed by atoms with Gasteiger partial charge in [0.2, 0.25) is 0 Å². The van der Waals surface area contributed by atoms with E-state index in [1.165, 1.54) is 24.3 Å². The van der Waals surface area contributed by atoms with Crippen LogP contribution in [0.3, 0.4) is 0 Å². The van der Waals surface area contributed by atoms with Gasteiger partial charge < -0.3 is 15.0 Å². The Balaban J connectivity index is 1.50. The van der Waals surface area contributed by atoms with Crippen molar-refractivity contribution in [1.82, 2.24) is 4.90 Å². The fraction of sp³-hybridized carbons (Fsp3) is 0.188. The Morgan fingerprint density at radius 1 is 1.21 bits per heavy atom. The van der Waals surface area contributed by atoms with Crippen LogP contribution in [0.15, 0.2) is 48.5 Å². The molecular formula is C16H14ClN3O4. The van der Waals surface area contributed by atoms with Gasteiger partial charge in [-0.1, -0.05) is 23.7 Å². The van der Waals surface area contributed by atoms with Gasteiger partial charge in [0.05, 0.1) is 23.0 Å². The Kier molecular flexibility index (Phi) is 4.52. The number of benzene rings is 2. The zero-order valence-corrected chi connectivity index (χ0v) is 13.3. The van der Waals surface area contributed by atoms with Crippen LogP contribution in [0, 0.1) is 10.1 Å². The van der Waals surface area contributed by atoms with Crippen LogP contribution in [0.4, 0.5) is 16.2 Å². The topological polar surface area (TPSA) is 84.7 Å². The van der Waals surface area contributed by atoms with Crippen LogP contribution >= 0.6 is 11.6 Å². The smallest absolute Gasteiger partial charge is 0.322 e. The molecule has 1 fully saturated rings. The van der Waals surface area contributed by atoms with Crippen LogP contribution in [0.1, 0.15) is 0 Å². The second-order valence-electron chi connectivity index (χ2n) is 5.31. The Morgan fingerprint density at radius 3 is 2.50 bits per heavy atom. The molecule has 0 aliphatic carbocycles. The molecule has 0 saturated carbocycles. The minimum absolute atomic E-state index is 0.0230. The molecule has 8 heteroatoms. The van der Waals surface area contributed by atoms with Gasteiger partial charge >= 0.3 is 6.03 Å². The van der Waals surface area contributed by atoms with E-state index in [4.69, 9.17) is 16.3 Å². The standard InChI is InChI=1S/C16H14ClN3O4/c17-14-3-1-2-4-15(14)24-13-9-19(10-13)16(21)18-11-5-7-12(8-6-11)20(22)23/h1-8,13H,9-10H2,(H,18,21). The lowest BCUT2D eigenvalue weighted by Crippen LogP contribution is -2.57. The summed E-state index contributed by atoms with van der Waals surface area (Å²) in [5.74, 6) is 0.597. The molecule has 0 radical (unpaired) electrons. The fourth-order valence-electron chi connectivity index (χ4n) is 2.27. The quantitative estimate of drug-likeness (QED) is 0.677. The summed E-state index contributed by atoms with van der Waals surface area (Å²) in [7, 11) is 0. The van der Waals surface area contributed by atoms with Crippen molar-refractivity contribution < 1.29 is 14.5 Å². The summed E-state index contributed by atoms with van der Waals surface area (Å²) >= 11 is 6.02. The van der Waals surface area contributed by atoms with Gasteiger partial charge in [-0.05, 0) is 24.3 Å². The number of amides is 2. The van der Waals surface area contributed by atoms with Gasteiger partial charge in [-0.15, -0.1) is 0 Å². The summed E-state index contributed by atoms with van der Waals surface area (Å²) in [6, 6.07) is 12.6. The predicted octanol–water partition coefficient (Wildman–Crippen LogP) is 3.54. The number of ether oxygens (including phenoxy) is 1. The summed E-state index contributed by atoms with van der Waals surface area (Å²) in [5, 5.41) is 13.8. The average molecular weight is 348 g/mol. The lowest BCUT2D eigenvalue weighted by molar-refractivity contribution is -0.384. The van der Waals surface area contributed by atoms with Crippen LogP contribution in [-0.2, 0) is 0 Å². The third-order valence-corrected chi connectivity index (χ3v) is 3.91. The van der Waals surface area contributed by atoms with Gasteiger partial charge in [0, 0.05) is 17.8 Å². The van der Waals surface area contributed by atoms with Crippen LogP contribution in [0.5, 0.6) is 5.75 Å². The van der Waals surface area contributed by atoms with E-state index in [1.54, 1.807) is 17.0 Å². The van der Waals surface area contributed by atoms with E-state index >= 15 is 0 Å². The molecule has 0 bridgehead atoms. The molecule has 0 spiro atoms. The molecule has 0 aromatic heterocycles. The number of carbonyl (C=O) groups is 1. The van der Waals surface area contributed by atoms with Crippen LogP contribution in [0.2, 0.25) is 5.02 Å². The highest BCUT2D eigenvalue weighted by Crippen LogP contribution is 2.26. The molecule has 0 unspecified atom stereocenters. The van der Waals surface area contributed by atoms with E-state index in [0.29, 0.717) is 29.5 Å². The van der Waals surface area contributed by atoms with E-state index in [-0.39, 0.29) is 17.8 Å². The van der Waals surface area contributed by atoms with Crippen LogP contribution < -0.4 is 10.1 Å². The van der Waals surface area contributed by atoms with Crippen LogP contribution in [-0.4, -0.2) is 35.0 Å². The Morgan fingerprint density at radius 2 is 1.88 bits per heavy atom. The predicted molar refractivity (Wildman–Crippen MR) is 89.6 cm³/mol. The molecule has 2 amide bonds. The molecule has 2 aromatic rings. The first-order valence-corrected chi connectivity index (χ1v) is 7.62. The normalized spacial score (nSPS) is 14.0. The zero-order chi connectivity index (χ0) is 17.1. The van der Waals surface area contributed by atoms with E-state index in [2.05, 4.69) is 5.32 Å². The summed E-state index contributed by atoms with van der Waals surface area (Å²) < 4.78 is 5.73. The number of halogens is 1. The van der Waals surface area contributed by atoms with Crippen molar-refractivity contribution >= 4 is 29.0 Å². The Bertz CT molecular complexity index is 760. The number of carbonyl (C=O) groups excluding carboxylic acids is 1. The van der Waals surface area contributed by atoms with E-state index in [0.717, 1.165) is 0 Å². The van der Waals surface area contributed by atoms with Crippen molar-refractivity contribution in [3.8, 4) is 5.75 Å². The molecule has 124 valence electrons. The molecule has 1 heterocycles. The number of likely N-dealkylation sites (tertiary alicyclic amines) is 1. The number of para-hydroxylation sites is 1. The summed E-state index contributed by atoms with van der Waals surface area (Å²) in [6.07, 6.45) is -0.104. The minimum Gasteiger partial charge on any atom is -0.485 e. The first-order valence-electron chi connectivity index (χ1n) is 7.24. The molecule has 2 aromatic carbocycles. The van der Waals surface area contributed by atoms with Crippen molar-refractivity contribution in [2.45, 2.75) is 6.10 Å². The van der Waals surface area contributed by atoms with Gasteiger partial charge in [-0.25, -0.2) is 4.79 Å². The number of urea groups is 1. The number of hydrogen-bond acceptors (Lipinski definition) is 4. The second kappa shape index (κ2) is 6.76. The second-order valence-corrected chi connectivity index (χ2v) is 5.72. The number of nitro benzene ring substituents is 1.